The highest BCUT2D eigenvalue weighted by Crippen LogP contribution is 2.21. The molecular weight excluding hydrogens is 224 g/mol. The van der Waals surface area contributed by atoms with Crippen LogP contribution < -0.4 is 0 Å². The van der Waals surface area contributed by atoms with Crippen LogP contribution in [0, 0.1) is 13.8 Å². The molecule has 3 nitrogen and oxygen atoms in total. The molecule has 2 aromatic rings. The number of rotatable bonds is 4. The number of aromatic nitrogens is 1. The average Bonchev–Trinajstić information content (AvgIpc) is 2.68. The number of pyridine rings is 1. The average molecular weight is 244 g/mol. The van der Waals surface area contributed by atoms with Crippen molar-refractivity contribution in [3.05, 3.63) is 53.2 Å². The molecule has 2 heterocycles. The summed E-state index contributed by atoms with van der Waals surface area (Å²) < 4.78 is 5.56. The van der Waals surface area contributed by atoms with Gasteiger partial charge < -0.3 is 4.42 Å². The van der Waals surface area contributed by atoms with Crippen molar-refractivity contribution in [1.82, 2.24) is 9.88 Å². The Kier molecular flexibility index (Phi) is 3.82. The minimum Gasteiger partial charge on any atom is -0.466 e. The molecule has 0 aliphatic carbocycles. The molecule has 2 aromatic heterocycles. The van der Waals surface area contributed by atoms with Crippen LogP contribution in [0.25, 0.3) is 0 Å². The Hall–Kier alpha value is -1.61. The van der Waals surface area contributed by atoms with Crippen LogP contribution in [0.1, 0.15) is 35.7 Å². The second-order valence-electron chi connectivity index (χ2n) is 4.78. The normalized spacial score (nSPS) is 12.9. The molecule has 0 fully saturated rings. The molecule has 0 saturated heterocycles. The monoisotopic (exact) mass is 244 g/mol. The van der Waals surface area contributed by atoms with Crippen molar-refractivity contribution in [2.24, 2.45) is 0 Å². The fraction of sp³-hybridized carbons (Fsp3) is 0.400. The summed E-state index contributed by atoms with van der Waals surface area (Å²) in [6, 6.07) is 8.44. The van der Waals surface area contributed by atoms with E-state index in [1.807, 2.05) is 32.2 Å². The summed E-state index contributed by atoms with van der Waals surface area (Å²) in [4.78, 5) is 6.68. The van der Waals surface area contributed by atoms with E-state index in [0.717, 1.165) is 23.8 Å². The molecule has 1 atom stereocenters. The van der Waals surface area contributed by atoms with Crippen LogP contribution in [-0.2, 0) is 6.54 Å². The zero-order chi connectivity index (χ0) is 13.1. The van der Waals surface area contributed by atoms with Gasteiger partial charge in [-0.1, -0.05) is 6.07 Å². The zero-order valence-corrected chi connectivity index (χ0v) is 11.5. The summed E-state index contributed by atoms with van der Waals surface area (Å²) >= 11 is 0. The lowest BCUT2D eigenvalue weighted by atomic mass is 10.1. The second kappa shape index (κ2) is 5.36. The van der Waals surface area contributed by atoms with E-state index in [4.69, 9.17) is 4.42 Å². The van der Waals surface area contributed by atoms with Crippen molar-refractivity contribution in [2.45, 2.75) is 33.4 Å². The van der Waals surface area contributed by atoms with Crippen LogP contribution in [0.15, 0.2) is 34.9 Å². The Bertz CT molecular complexity index is 504. The molecule has 2 rings (SSSR count). The lowest BCUT2D eigenvalue weighted by molar-refractivity contribution is 0.247. The first kappa shape index (κ1) is 12.8. The predicted octanol–water partition coefficient (Wildman–Crippen LogP) is 3.48. The maximum atomic E-state index is 5.56. The summed E-state index contributed by atoms with van der Waals surface area (Å²) in [5, 5.41) is 0. The fourth-order valence-electron chi connectivity index (χ4n) is 2.09. The number of hydrogen-bond acceptors (Lipinski definition) is 3. The minimum absolute atomic E-state index is 0.292. The molecular formula is C15H20N2O. The van der Waals surface area contributed by atoms with E-state index >= 15 is 0 Å². The van der Waals surface area contributed by atoms with E-state index in [0.29, 0.717) is 6.04 Å². The molecule has 0 radical (unpaired) electrons. The van der Waals surface area contributed by atoms with Gasteiger partial charge in [0, 0.05) is 24.3 Å². The van der Waals surface area contributed by atoms with E-state index in [-0.39, 0.29) is 0 Å². The van der Waals surface area contributed by atoms with Gasteiger partial charge in [-0.05, 0) is 46.0 Å². The molecule has 0 bridgehead atoms. The van der Waals surface area contributed by atoms with Gasteiger partial charge in [-0.3, -0.25) is 9.88 Å². The molecule has 1 unspecified atom stereocenters. The van der Waals surface area contributed by atoms with Crippen molar-refractivity contribution in [2.75, 3.05) is 7.05 Å². The highest BCUT2D eigenvalue weighted by molar-refractivity contribution is 5.20. The topological polar surface area (TPSA) is 29.3 Å². The second-order valence-corrected chi connectivity index (χ2v) is 4.78. The Morgan fingerprint density at radius 2 is 2.11 bits per heavy atom. The number of hydrogen-bond donors (Lipinski definition) is 0. The van der Waals surface area contributed by atoms with Gasteiger partial charge in [0.05, 0.1) is 5.69 Å². The molecule has 0 saturated carbocycles. The van der Waals surface area contributed by atoms with Crippen LogP contribution in [0.5, 0.6) is 0 Å². The van der Waals surface area contributed by atoms with Crippen molar-refractivity contribution in [1.29, 1.82) is 0 Å². The summed E-state index contributed by atoms with van der Waals surface area (Å²) in [5.74, 6) is 1.98. The van der Waals surface area contributed by atoms with Gasteiger partial charge in [0.25, 0.3) is 0 Å². The number of nitrogens with zero attached hydrogens (tertiary/aromatic N) is 2. The first-order valence-corrected chi connectivity index (χ1v) is 6.25. The zero-order valence-electron chi connectivity index (χ0n) is 11.5. The third-order valence-corrected chi connectivity index (χ3v) is 3.34. The van der Waals surface area contributed by atoms with Gasteiger partial charge in [-0.15, -0.1) is 0 Å². The molecule has 3 heteroatoms. The van der Waals surface area contributed by atoms with Gasteiger partial charge in [0.2, 0.25) is 0 Å². The van der Waals surface area contributed by atoms with E-state index in [9.17, 15) is 0 Å². The van der Waals surface area contributed by atoms with E-state index in [2.05, 4.69) is 36.0 Å². The van der Waals surface area contributed by atoms with Crippen LogP contribution in [0.3, 0.4) is 0 Å². The van der Waals surface area contributed by atoms with Crippen LogP contribution in [0.2, 0.25) is 0 Å². The Morgan fingerprint density at radius 3 is 2.67 bits per heavy atom. The lowest BCUT2D eigenvalue weighted by Gasteiger charge is -2.23. The largest absolute Gasteiger partial charge is 0.466 e. The maximum absolute atomic E-state index is 5.56. The van der Waals surface area contributed by atoms with Gasteiger partial charge in [0.1, 0.15) is 11.5 Å². The molecule has 0 spiro atoms. The summed E-state index contributed by atoms with van der Waals surface area (Å²) in [6.45, 7) is 7.05. The lowest BCUT2D eigenvalue weighted by Crippen LogP contribution is -2.22. The third-order valence-electron chi connectivity index (χ3n) is 3.34. The minimum atomic E-state index is 0.292. The summed E-state index contributed by atoms with van der Waals surface area (Å²) in [5.41, 5.74) is 2.34. The molecule has 96 valence electrons. The van der Waals surface area contributed by atoms with E-state index in [1.165, 1.54) is 5.56 Å². The molecule has 0 aliphatic heterocycles. The summed E-state index contributed by atoms with van der Waals surface area (Å²) in [7, 11) is 2.11. The van der Waals surface area contributed by atoms with Gasteiger partial charge in [-0.25, -0.2) is 0 Å². The first-order chi connectivity index (χ1) is 8.58. The molecule has 0 aromatic carbocycles. The number of furan rings is 1. The molecule has 0 N–H and O–H groups in total. The smallest absolute Gasteiger partial charge is 0.105 e. The first-order valence-electron chi connectivity index (χ1n) is 6.25. The highest BCUT2D eigenvalue weighted by Gasteiger charge is 2.15. The van der Waals surface area contributed by atoms with Crippen LogP contribution in [-0.4, -0.2) is 16.9 Å². The van der Waals surface area contributed by atoms with Crippen LogP contribution in [0.4, 0.5) is 0 Å². The van der Waals surface area contributed by atoms with Gasteiger partial charge in [-0.2, -0.15) is 0 Å². The maximum Gasteiger partial charge on any atom is 0.105 e. The molecule has 0 aliphatic rings. The molecule has 0 amide bonds. The Balaban J connectivity index is 2.08. The SMILES string of the molecule is Cc1cc(CN(C)C(C)c2ccccn2)c(C)o1. The number of aryl methyl sites for hydroxylation is 2. The van der Waals surface area contributed by atoms with Gasteiger partial charge >= 0.3 is 0 Å². The van der Waals surface area contributed by atoms with E-state index < -0.39 is 0 Å². The van der Waals surface area contributed by atoms with Crippen molar-refractivity contribution >= 4 is 0 Å². The molecule has 18 heavy (non-hydrogen) atoms. The Morgan fingerprint density at radius 1 is 1.33 bits per heavy atom. The fourth-order valence-corrected chi connectivity index (χ4v) is 2.09. The van der Waals surface area contributed by atoms with Gasteiger partial charge in [0.15, 0.2) is 0 Å². The van der Waals surface area contributed by atoms with Crippen molar-refractivity contribution in [3.63, 3.8) is 0 Å². The van der Waals surface area contributed by atoms with Crippen LogP contribution >= 0.6 is 0 Å². The summed E-state index contributed by atoms with van der Waals surface area (Å²) in [6.07, 6.45) is 1.84. The Labute approximate surface area is 108 Å². The standard InChI is InChI=1S/C15H20N2O/c1-11-9-14(13(3)18-11)10-17(4)12(2)15-7-5-6-8-16-15/h5-9,12H,10H2,1-4H3. The van der Waals surface area contributed by atoms with E-state index in [1.54, 1.807) is 0 Å². The third kappa shape index (κ3) is 2.79. The van der Waals surface area contributed by atoms with Crippen molar-refractivity contribution in [3.8, 4) is 0 Å². The quantitative estimate of drug-likeness (QED) is 0.824. The highest BCUT2D eigenvalue weighted by atomic mass is 16.3. The predicted molar refractivity (Wildman–Crippen MR) is 72.3 cm³/mol. The van der Waals surface area contributed by atoms with Crippen molar-refractivity contribution < 1.29 is 4.42 Å².